The van der Waals surface area contributed by atoms with E-state index in [1.165, 1.54) is 6.08 Å². The zero-order chi connectivity index (χ0) is 11.5. The lowest BCUT2D eigenvalue weighted by atomic mass is 10.2. The van der Waals surface area contributed by atoms with Crippen LogP contribution in [0.4, 0.5) is 0 Å². The number of nitriles is 1. The van der Waals surface area contributed by atoms with Crippen LogP contribution < -0.4 is 0 Å². The first-order valence-corrected chi connectivity index (χ1v) is 4.62. The molecule has 0 heterocycles. The van der Waals surface area contributed by atoms with E-state index in [0.717, 1.165) is 12.6 Å². The van der Waals surface area contributed by atoms with Gasteiger partial charge in [-0.1, -0.05) is 0 Å². The van der Waals surface area contributed by atoms with Crippen LogP contribution in [0.1, 0.15) is 6.92 Å². The summed E-state index contributed by atoms with van der Waals surface area (Å²) in [5.41, 5.74) is 0.251. The Hall–Kier alpha value is -1.82. The highest BCUT2D eigenvalue weighted by Crippen LogP contribution is 1.95. The molecule has 0 aromatic rings. The van der Waals surface area contributed by atoms with Crippen LogP contribution in [0, 0.1) is 11.3 Å². The minimum Gasteiger partial charge on any atom is -0.395 e. The Labute approximate surface area is 89.4 Å². The number of likely N-dealkylation sites (N-methyl/N-ethyl adjacent to an activating group) is 1. The monoisotopic (exact) mass is 206 g/mol. The first kappa shape index (κ1) is 13.2. The van der Waals surface area contributed by atoms with E-state index < -0.39 is 0 Å². The van der Waals surface area contributed by atoms with Crippen molar-refractivity contribution >= 4 is 5.94 Å². The van der Waals surface area contributed by atoms with E-state index in [-0.39, 0.29) is 12.2 Å². The molecule has 0 bridgehead atoms. The molecular weight excluding hydrogens is 192 g/mol. The fourth-order valence-corrected chi connectivity index (χ4v) is 0.916. The smallest absolute Gasteiger partial charge is 0.125 e. The van der Waals surface area contributed by atoms with Crippen molar-refractivity contribution in [3.8, 4) is 6.07 Å². The average molecular weight is 206 g/mol. The molecule has 1 N–H and O–H groups in total. The summed E-state index contributed by atoms with van der Waals surface area (Å²) in [6, 6.07) is 1.85. The average Bonchev–Trinajstić information content (AvgIpc) is 2.26. The van der Waals surface area contributed by atoms with Crippen LogP contribution in [0.15, 0.2) is 30.0 Å². The maximum Gasteiger partial charge on any atom is 0.125 e. The summed E-state index contributed by atoms with van der Waals surface area (Å²) in [5, 5.41) is 17.3. The number of carbonyl (C=O) groups excluding carboxylic acids is 1. The van der Waals surface area contributed by atoms with Gasteiger partial charge in [-0.15, -0.1) is 0 Å². The van der Waals surface area contributed by atoms with Crippen molar-refractivity contribution < 1.29 is 9.90 Å². The summed E-state index contributed by atoms with van der Waals surface area (Å²) in [5.74, 6) is 1.54. The quantitative estimate of drug-likeness (QED) is 0.394. The van der Waals surface area contributed by atoms with E-state index in [1.807, 2.05) is 17.9 Å². The first-order chi connectivity index (χ1) is 7.28. The normalized spacial score (nSPS) is 10.9. The van der Waals surface area contributed by atoms with Gasteiger partial charge in [-0.25, -0.2) is 4.79 Å². The second kappa shape index (κ2) is 8.76. The van der Waals surface area contributed by atoms with Crippen LogP contribution in [0.25, 0.3) is 0 Å². The van der Waals surface area contributed by atoms with Gasteiger partial charge in [0, 0.05) is 19.2 Å². The van der Waals surface area contributed by atoms with Crippen molar-refractivity contribution in [2.45, 2.75) is 6.92 Å². The molecule has 4 heteroatoms. The van der Waals surface area contributed by atoms with Crippen molar-refractivity contribution in [1.29, 1.82) is 5.26 Å². The third kappa shape index (κ3) is 6.28. The molecular formula is C11H14N2O2. The molecule has 0 aromatic carbocycles. The number of allylic oxidation sites excluding steroid dienone is 4. The van der Waals surface area contributed by atoms with Gasteiger partial charge in [-0.05, 0) is 25.3 Å². The molecule has 0 aliphatic rings. The molecule has 0 saturated carbocycles. The summed E-state index contributed by atoms with van der Waals surface area (Å²) in [7, 11) is 0. The summed E-state index contributed by atoms with van der Waals surface area (Å²) in [6.07, 6.45) is 6.01. The first-order valence-electron chi connectivity index (χ1n) is 4.62. The number of aliphatic hydroxyl groups is 1. The lowest BCUT2D eigenvalue weighted by molar-refractivity contribution is 0.241. The van der Waals surface area contributed by atoms with Crippen LogP contribution >= 0.6 is 0 Å². The summed E-state index contributed by atoms with van der Waals surface area (Å²) in [6.45, 7) is 3.37. The van der Waals surface area contributed by atoms with Gasteiger partial charge in [0.2, 0.25) is 0 Å². The maximum atomic E-state index is 9.99. The van der Waals surface area contributed by atoms with E-state index in [0.29, 0.717) is 6.54 Å². The Bertz CT molecular complexity index is 320. The van der Waals surface area contributed by atoms with Crippen LogP contribution in [0.5, 0.6) is 0 Å². The fraction of sp³-hybridized carbons (Fsp3) is 0.364. The van der Waals surface area contributed by atoms with Gasteiger partial charge in [0.25, 0.3) is 0 Å². The van der Waals surface area contributed by atoms with E-state index in [4.69, 9.17) is 10.4 Å². The molecule has 0 rings (SSSR count). The SMILES string of the molecule is CCN(C=CC=C(C#N)C=C=O)CCO. The predicted octanol–water partition coefficient (Wildman–Crippen LogP) is 0.652. The Morgan fingerprint density at radius 1 is 1.60 bits per heavy atom. The van der Waals surface area contributed by atoms with E-state index in [2.05, 4.69) is 0 Å². The van der Waals surface area contributed by atoms with Crippen molar-refractivity contribution in [2.24, 2.45) is 0 Å². The molecule has 0 amide bonds. The minimum absolute atomic E-state index is 0.0846. The van der Waals surface area contributed by atoms with Gasteiger partial charge in [0.15, 0.2) is 0 Å². The molecule has 15 heavy (non-hydrogen) atoms. The maximum absolute atomic E-state index is 9.99. The van der Waals surface area contributed by atoms with Gasteiger partial charge in [0.05, 0.1) is 18.2 Å². The number of hydrogen-bond donors (Lipinski definition) is 1. The Kier molecular flexibility index (Phi) is 7.70. The largest absolute Gasteiger partial charge is 0.395 e. The topological polar surface area (TPSA) is 64.3 Å². The number of hydrogen-bond acceptors (Lipinski definition) is 4. The molecule has 80 valence electrons. The van der Waals surface area contributed by atoms with Gasteiger partial charge in [-0.3, -0.25) is 0 Å². The van der Waals surface area contributed by atoms with Gasteiger partial charge < -0.3 is 10.0 Å². The van der Waals surface area contributed by atoms with E-state index in [9.17, 15) is 4.79 Å². The second-order valence-electron chi connectivity index (χ2n) is 2.69. The highest BCUT2D eigenvalue weighted by molar-refractivity contribution is 5.56. The fourth-order valence-electron chi connectivity index (χ4n) is 0.916. The van der Waals surface area contributed by atoms with Crippen LogP contribution in [0.3, 0.4) is 0 Å². The summed E-state index contributed by atoms with van der Waals surface area (Å²) < 4.78 is 0. The van der Waals surface area contributed by atoms with Crippen molar-refractivity contribution in [2.75, 3.05) is 19.7 Å². The summed E-state index contributed by atoms with van der Waals surface area (Å²) in [4.78, 5) is 11.9. The molecule has 0 spiro atoms. The van der Waals surface area contributed by atoms with Crippen molar-refractivity contribution in [3.05, 3.63) is 30.0 Å². The molecule has 0 aromatic heterocycles. The Morgan fingerprint density at radius 3 is 2.80 bits per heavy atom. The van der Waals surface area contributed by atoms with Gasteiger partial charge in [0.1, 0.15) is 5.94 Å². The van der Waals surface area contributed by atoms with Crippen molar-refractivity contribution in [3.63, 3.8) is 0 Å². The number of aliphatic hydroxyl groups excluding tert-OH is 1. The highest BCUT2D eigenvalue weighted by Gasteiger charge is 1.92. The zero-order valence-electron chi connectivity index (χ0n) is 8.68. The van der Waals surface area contributed by atoms with Gasteiger partial charge >= 0.3 is 0 Å². The minimum atomic E-state index is 0.0846. The molecule has 0 atom stereocenters. The lowest BCUT2D eigenvalue weighted by Crippen LogP contribution is -2.20. The highest BCUT2D eigenvalue weighted by atomic mass is 16.3. The van der Waals surface area contributed by atoms with E-state index >= 15 is 0 Å². The summed E-state index contributed by atoms with van der Waals surface area (Å²) >= 11 is 0. The van der Waals surface area contributed by atoms with E-state index in [1.54, 1.807) is 18.2 Å². The number of nitrogens with zero attached hydrogens (tertiary/aromatic N) is 2. The number of rotatable bonds is 6. The third-order valence-corrected chi connectivity index (χ3v) is 1.71. The van der Waals surface area contributed by atoms with Gasteiger partial charge in [-0.2, -0.15) is 5.26 Å². The zero-order valence-corrected chi connectivity index (χ0v) is 8.68. The predicted molar refractivity (Wildman–Crippen MR) is 57.4 cm³/mol. The molecule has 0 aliphatic heterocycles. The van der Waals surface area contributed by atoms with Crippen molar-refractivity contribution in [1.82, 2.24) is 4.90 Å². The molecule has 0 aliphatic carbocycles. The Balaban J connectivity index is 4.38. The molecule has 0 fully saturated rings. The lowest BCUT2D eigenvalue weighted by Gasteiger charge is -2.15. The Morgan fingerprint density at radius 2 is 2.33 bits per heavy atom. The standard InChI is InChI=1S/C11H14N2O2/c1-2-13(7-9-15)6-3-4-11(10-12)5-8-14/h3-6,15H,2,7,9H2,1H3. The third-order valence-electron chi connectivity index (χ3n) is 1.71. The molecule has 0 unspecified atom stereocenters. The van der Waals surface area contributed by atoms with Crippen LogP contribution in [-0.4, -0.2) is 35.6 Å². The van der Waals surface area contributed by atoms with Crippen LogP contribution in [-0.2, 0) is 4.79 Å². The van der Waals surface area contributed by atoms with Crippen LogP contribution in [0.2, 0.25) is 0 Å². The molecule has 4 nitrogen and oxygen atoms in total. The molecule has 0 radical (unpaired) electrons. The molecule has 0 saturated heterocycles. The second-order valence-corrected chi connectivity index (χ2v) is 2.69.